The van der Waals surface area contributed by atoms with Gasteiger partial charge in [0.15, 0.2) is 5.16 Å². The first-order valence-electron chi connectivity index (χ1n) is 8.55. The van der Waals surface area contributed by atoms with Crippen molar-refractivity contribution < 1.29 is 22.8 Å². The summed E-state index contributed by atoms with van der Waals surface area (Å²) in [5.74, 6) is 0.0847. The van der Waals surface area contributed by atoms with Crippen LogP contribution in [0.1, 0.15) is 36.6 Å². The molecule has 1 aliphatic carbocycles. The number of rotatable bonds is 8. The van der Waals surface area contributed by atoms with Gasteiger partial charge < -0.3 is 15.6 Å². The Morgan fingerprint density at radius 2 is 2.04 bits per heavy atom. The third-order valence-corrected chi connectivity index (χ3v) is 5.04. The summed E-state index contributed by atoms with van der Waals surface area (Å²) in [6, 6.07) is 4.43. The first-order chi connectivity index (χ1) is 13.2. The molecule has 0 radical (unpaired) electrons. The van der Waals surface area contributed by atoms with Gasteiger partial charge in [-0.05, 0) is 31.0 Å². The van der Waals surface area contributed by atoms with Gasteiger partial charge in [0, 0.05) is 24.6 Å². The lowest BCUT2D eigenvalue weighted by Gasteiger charge is -2.10. The Balaban J connectivity index is 1.62. The number of nitrogens with one attached hydrogen (secondary N) is 1. The number of carbonyl (C=O) groups is 2. The van der Waals surface area contributed by atoms with Crippen molar-refractivity contribution in [1.82, 2.24) is 14.8 Å². The molecule has 1 saturated carbocycles. The maximum Gasteiger partial charge on any atom is 0.416 e. The summed E-state index contributed by atoms with van der Waals surface area (Å²) in [6.07, 6.45) is -2.36. The Bertz CT molecular complexity index is 880. The average Bonchev–Trinajstić information content (AvgIpc) is 3.38. The molecule has 28 heavy (non-hydrogen) atoms. The van der Waals surface area contributed by atoms with Crippen molar-refractivity contribution >= 4 is 29.3 Å². The first-order valence-corrected chi connectivity index (χ1v) is 9.54. The van der Waals surface area contributed by atoms with E-state index in [1.165, 1.54) is 12.1 Å². The number of alkyl halides is 3. The second-order valence-electron chi connectivity index (χ2n) is 6.40. The molecule has 1 aliphatic rings. The number of hydrogen-bond acceptors (Lipinski definition) is 5. The number of anilines is 1. The maximum atomic E-state index is 12.8. The van der Waals surface area contributed by atoms with Crippen molar-refractivity contribution in [3.05, 3.63) is 35.7 Å². The van der Waals surface area contributed by atoms with Crippen LogP contribution in [0.4, 0.5) is 18.9 Å². The Kier molecular flexibility index (Phi) is 5.92. The van der Waals surface area contributed by atoms with E-state index in [0.29, 0.717) is 17.6 Å². The summed E-state index contributed by atoms with van der Waals surface area (Å²) in [5.41, 5.74) is 4.44. The molecule has 1 heterocycles. The fraction of sp³-hybridized carbons (Fsp3) is 0.412. The topological polar surface area (TPSA) is 103 Å². The molecule has 7 nitrogen and oxygen atoms in total. The molecule has 2 amide bonds. The number of benzene rings is 1. The molecule has 2 aromatic rings. The van der Waals surface area contributed by atoms with E-state index in [0.717, 1.165) is 42.6 Å². The molecule has 150 valence electrons. The van der Waals surface area contributed by atoms with Gasteiger partial charge in [-0.2, -0.15) is 13.2 Å². The molecule has 0 unspecified atom stereocenters. The highest BCUT2D eigenvalue weighted by Crippen LogP contribution is 2.40. The van der Waals surface area contributed by atoms with E-state index in [2.05, 4.69) is 15.5 Å². The van der Waals surface area contributed by atoms with Gasteiger partial charge in [0.1, 0.15) is 5.82 Å². The number of hydrogen-bond donors (Lipinski definition) is 2. The van der Waals surface area contributed by atoms with Crippen molar-refractivity contribution in [2.45, 2.75) is 43.1 Å². The van der Waals surface area contributed by atoms with E-state index in [9.17, 15) is 22.8 Å². The number of primary amides is 1. The molecule has 3 N–H and O–H groups in total. The number of carbonyl (C=O) groups excluding carboxylic acids is 2. The summed E-state index contributed by atoms with van der Waals surface area (Å²) < 4.78 is 40.0. The normalized spacial score (nSPS) is 14.1. The largest absolute Gasteiger partial charge is 0.416 e. The second kappa shape index (κ2) is 8.21. The van der Waals surface area contributed by atoms with Crippen molar-refractivity contribution in [1.29, 1.82) is 0 Å². The second-order valence-corrected chi connectivity index (χ2v) is 7.34. The van der Waals surface area contributed by atoms with E-state index in [-0.39, 0.29) is 17.9 Å². The quantitative estimate of drug-likeness (QED) is 0.648. The lowest BCUT2D eigenvalue weighted by molar-refractivity contribution is -0.137. The van der Waals surface area contributed by atoms with E-state index in [1.54, 1.807) is 4.57 Å². The molecule has 0 bridgehead atoms. The van der Waals surface area contributed by atoms with E-state index >= 15 is 0 Å². The number of nitrogens with zero attached hydrogens (tertiary/aromatic N) is 3. The summed E-state index contributed by atoms with van der Waals surface area (Å²) in [4.78, 5) is 23.2. The lowest BCUT2D eigenvalue weighted by atomic mass is 10.2. The van der Waals surface area contributed by atoms with Gasteiger partial charge in [-0.3, -0.25) is 9.59 Å². The SMILES string of the molecule is NC(=O)CCn1c(SCC(=O)Nc2cccc(C(F)(F)F)c2)nnc1C1CC1. The monoisotopic (exact) mass is 413 g/mol. The van der Waals surface area contributed by atoms with Crippen LogP contribution in [0.5, 0.6) is 0 Å². The van der Waals surface area contributed by atoms with Crippen LogP contribution in [0.3, 0.4) is 0 Å². The zero-order valence-corrected chi connectivity index (χ0v) is 15.5. The number of aromatic nitrogens is 3. The van der Waals surface area contributed by atoms with Crippen LogP contribution in [-0.4, -0.2) is 32.3 Å². The number of amides is 2. The molecule has 1 aromatic carbocycles. The average molecular weight is 413 g/mol. The molecule has 1 aromatic heterocycles. The highest BCUT2D eigenvalue weighted by Gasteiger charge is 2.31. The molecule has 11 heteroatoms. The smallest absolute Gasteiger partial charge is 0.370 e. The van der Waals surface area contributed by atoms with Gasteiger partial charge in [0.25, 0.3) is 0 Å². The van der Waals surface area contributed by atoms with Crippen LogP contribution in [0.2, 0.25) is 0 Å². The third-order valence-electron chi connectivity index (χ3n) is 4.08. The van der Waals surface area contributed by atoms with Crippen LogP contribution >= 0.6 is 11.8 Å². The molecule has 0 atom stereocenters. The molecular weight excluding hydrogens is 395 g/mol. The highest BCUT2D eigenvalue weighted by molar-refractivity contribution is 7.99. The molecule has 1 fully saturated rings. The molecular formula is C17H18F3N5O2S. The van der Waals surface area contributed by atoms with Crippen LogP contribution in [0.25, 0.3) is 0 Å². The first kappa shape index (κ1) is 20.2. The minimum Gasteiger partial charge on any atom is -0.370 e. The van der Waals surface area contributed by atoms with Crippen molar-refractivity contribution in [3.63, 3.8) is 0 Å². The van der Waals surface area contributed by atoms with E-state index in [1.807, 2.05) is 0 Å². The van der Waals surface area contributed by atoms with Crippen LogP contribution < -0.4 is 11.1 Å². The van der Waals surface area contributed by atoms with Gasteiger partial charge in [-0.15, -0.1) is 10.2 Å². The van der Waals surface area contributed by atoms with Gasteiger partial charge in [0.05, 0.1) is 11.3 Å². The van der Waals surface area contributed by atoms with Gasteiger partial charge in [-0.1, -0.05) is 17.8 Å². The molecule has 0 spiro atoms. The van der Waals surface area contributed by atoms with Crippen molar-refractivity contribution in [3.8, 4) is 0 Å². The Hall–Kier alpha value is -2.56. The summed E-state index contributed by atoms with van der Waals surface area (Å²) in [7, 11) is 0. The number of nitrogens with two attached hydrogens (primary N) is 1. The molecule has 0 saturated heterocycles. The highest BCUT2D eigenvalue weighted by atomic mass is 32.2. The van der Waals surface area contributed by atoms with Crippen LogP contribution in [0, 0.1) is 0 Å². The van der Waals surface area contributed by atoms with Gasteiger partial charge >= 0.3 is 6.18 Å². The number of halogens is 3. The van der Waals surface area contributed by atoms with E-state index < -0.39 is 23.6 Å². The minimum absolute atomic E-state index is 0.0599. The summed E-state index contributed by atoms with van der Waals surface area (Å²) >= 11 is 1.10. The summed E-state index contributed by atoms with van der Waals surface area (Å²) in [6.45, 7) is 0.325. The van der Waals surface area contributed by atoms with Crippen molar-refractivity contribution in [2.75, 3.05) is 11.1 Å². The third kappa shape index (κ3) is 5.24. The minimum atomic E-state index is -4.48. The maximum absolute atomic E-state index is 12.8. The Labute approximate surface area is 162 Å². The molecule has 0 aliphatic heterocycles. The van der Waals surface area contributed by atoms with Crippen LogP contribution in [-0.2, 0) is 22.3 Å². The zero-order chi connectivity index (χ0) is 20.3. The Morgan fingerprint density at radius 3 is 2.68 bits per heavy atom. The standard InChI is InChI=1S/C17H18F3N5O2S/c18-17(19,20)11-2-1-3-12(8-11)22-14(27)9-28-16-24-23-15(10-4-5-10)25(16)7-6-13(21)26/h1-3,8,10H,4-7,9H2,(H2,21,26)(H,22,27). The zero-order valence-electron chi connectivity index (χ0n) is 14.7. The van der Waals surface area contributed by atoms with E-state index in [4.69, 9.17) is 5.73 Å². The fourth-order valence-corrected chi connectivity index (χ4v) is 3.35. The molecule has 3 rings (SSSR count). The fourth-order valence-electron chi connectivity index (χ4n) is 2.58. The predicted octanol–water partition coefficient (Wildman–Crippen LogP) is 2.78. The Morgan fingerprint density at radius 1 is 1.29 bits per heavy atom. The van der Waals surface area contributed by atoms with Gasteiger partial charge in [-0.25, -0.2) is 0 Å². The van der Waals surface area contributed by atoms with Crippen LogP contribution in [0.15, 0.2) is 29.4 Å². The van der Waals surface area contributed by atoms with Crippen molar-refractivity contribution in [2.24, 2.45) is 5.73 Å². The summed E-state index contributed by atoms with van der Waals surface area (Å²) in [5, 5.41) is 11.1. The lowest BCUT2D eigenvalue weighted by Crippen LogP contribution is -2.17. The predicted molar refractivity (Wildman–Crippen MR) is 96.6 cm³/mol. The van der Waals surface area contributed by atoms with Gasteiger partial charge in [0.2, 0.25) is 11.8 Å². The number of thioether (sulfide) groups is 1.